The van der Waals surface area contributed by atoms with Crippen LogP contribution in [0.15, 0.2) is 52.1 Å². The van der Waals surface area contributed by atoms with Crippen LogP contribution in [-0.4, -0.2) is 20.4 Å². The molecule has 1 amide bonds. The molecular formula is C20H18N4O3. The summed E-state index contributed by atoms with van der Waals surface area (Å²) in [6.45, 7) is 4.14. The molecule has 0 aliphatic carbocycles. The van der Waals surface area contributed by atoms with Gasteiger partial charge in [-0.2, -0.15) is 0 Å². The number of aromatic amines is 2. The minimum atomic E-state index is -0.699. The summed E-state index contributed by atoms with van der Waals surface area (Å²) >= 11 is 0. The number of fused-ring (bicyclic) bond motifs is 2. The molecule has 0 saturated carbocycles. The fourth-order valence-electron chi connectivity index (χ4n) is 3.29. The number of benzene rings is 2. The number of hydrogen-bond donors (Lipinski definition) is 3. The minimum absolute atomic E-state index is 0.293. The van der Waals surface area contributed by atoms with Gasteiger partial charge < -0.3 is 19.9 Å². The van der Waals surface area contributed by atoms with Crippen molar-refractivity contribution in [2.24, 2.45) is 0 Å². The van der Waals surface area contributed by atoms with Crippen LogP contribution in [0.3, 0.4) is 0 Å². The number of aromatic nitrogens is 3. The number of carbonyl (C=O) groups is 1. The van der Waals surface area contributed by atoms with Crippen LogP contribution in [0.25, 0.3) is 21.9 Å². The molecule has 2 heterocycles. The highest BCUT2D eigenvalue weighted by atomic mass is 16.2. The van der Waals surface area contributed by atoms with Crippen LogP contribution in [-0.2, 0) is 6.54 Å². The summed E-state index contributed by atoms with van der Waals surface area (Å²) in [4.78, 5) is 42.1. The number of H-pyrrole nitrogens is 2. The van der Waals surface area contributed by atoms with Gasteiger partial charge in [0.05, 0.1) is 11.0 Å². The van der Waals surface area contributed by atoms with Gasteiger partial charge in [-0.3, -0.25) is 14.4 Å². The smallest absolute Gasteiger partial charge is 0.316 e. The summed E-state index contributed by atoms with van der Waals surface area (Å²) in [5, 5.41) is 3.88. The summed E-state index contributed by atoms with van der Waals surface area (Å²) < 4.78 is 1.39. The molecular weight excluding hydrogens is 344 g/mol. The molecule has 27 heavy (non-hydrogen) atoms. The number of nitrogens with one attached hydrogen (secondary N) is 3. The Morgan fingerprint density at radius 1 is 1.04 bits per heavy atom. The Kier molecular flexibility index (Phi) is 3.92. The van der Waals surface area contributed by atoms with Crippen molar-refractivity contribution in [2.75, 3.05) is 5.32 Å². The highest BCUT2D eigenvalue weighted by Gasteiger charge is 2.11. The first-order chi connectivity index (χ1) is 13.0. The van der Waals surface area contributed by atoms with Crippen LogP contribution in [0.1, 0.15) is 23.0 Å². The first-order valence-corrected chi connectivity index (χ1v) is 8.64. The Morgan fingerprint density at radius 2 is 1.85 bits per heavy atom. The predicted molar refractivity (Wildman–Crippen MR) is 105 cm³/mol. The van der Waals surface area contributed by atoms with Gasteiger partial charge in [0.25, 0.3) is 5.91 Å². The maximum atomic E-state index is 12.6. The van der Waals surface area contributed by atoms with Crippen molar-refractivity contribution < 1.29 is 4.79 Å². The molecule has 136 valence electrons. The topological polar surface area (TPSA) is 99.8 Å². The van der Waals surface area contributed by atoms with Crippen LogP contribution in [0, 0.1) is 6.92 Å². The fourth-order valence-corrected chi connectivity index (χ4v) is 3.29. The summed E-state index contributed by atoms with van der Waals surface area (Å²) in [5.74, 6) is -0.293. The fraction of sp³-hybridized carbons (Fsp3) is 0.150. The molecule has 0 fully saturated rings. The zero-order valence-electron chi connectivity index (χ0n) is 14.9. The third-order valence-corrected chi connectivity index (χ3v) is 4.57. The van der Waals surface area contributed by atoms with Crippen molar-refractivity contribution in [1.82, 2.24) is 14.5 Å². The van der Waals surface area contributed by atoms with Gasteiger partial charge in [0, 0.05) is 34.4 Å². The van der Waals surface area contributed by atoms with Gasteiger partial charge in [0.1, 0.15) is 0 Å². The Labute approximate surface area is 153 Å². The third kappa shape index (κ3) is 2.93. The second-order valence-corrected chi connectivity index (χ2v) is 6.44. The molecule has 4 rings (SSSR count). The first-order valence-electron chi connectivity index (χ1n) is 8.64. The Balaban J connectivity index is 1.70. The number of amides is 1. The molecule has 3 N–H and O–H groups in total. The van der Waals surface area contributed by atoms with Crippen molar-refractivity contribution in [3.05, 3.63) is 74.4 Å². The lowest BCUT2D eigenvalue weighted by molar-refractivity contribution is 0.102. The van der Waals surface area contributed by atoms with E-state index in [0.29, 0.717) is 28.8 Å². The van der Waals surface area contributed by atoms with Gasteiger partial charge in [0.15, 0.2) is 0 Å². The maximum absolute atomic E-state index is 12.6. The quantitative estimate of drug-likeness (QED) is 0.489. The molecule has 0 radical (unpaired) electrons. The summed E-state index contributed by atoms with van der Waals surface area (Å²) in [6.07, 6.45) is 0. The van der Waals surface area contributed by atoms with Crippen molar-refractivity contribution >= 4 is 33.5 Å². The second kappa shape index (κ2) is 6.28. The van der Waals surface area contributed by atoms with Crippen molar-refractivity contribution in [3.8, 4) is 0 Å². The van der Waals surface area contributed by atoms with Crippen LogP contribution in [0.2, 0.25) is 0 Å². The van der Waals surface area contributed by atoms with E-state index in [-0.39, 0.29) is 5.91 Å². The molecule has 0 unspecified atom stereocenters. The van der Waals surface area contributed by atoms with E-state index in [4.69, 9.17) is 0 Å². The molecule has 4 aromatic rings. The van der Waals surface area contributed by atoms with Gasteiger partial charge in [-0.25, -0.2) is 0 Å². The minimum Gasteiger partial charge on any atom is -0.359 e. The van der Waals surface area contributed by atoms with E-state index in [1.165, 1.54) is 4.57 Å². The van der Waals surface area contributed by atoms with E-state index in [9.17, 15) is 14.4 Å². The van der Waals surface area contributed by atoms with E-state index in [1.807, 2.05) is 31.2 Å². The van der Waals surface area contributed by atoms with Crippen LogP contribution >= 0.6 is 0 Å². The van der Waals surface area contributed by atoms with E-state index >= 15 is 0 Å². The molecule has 0 saturated heterocycles. The molecule has 2 aromatic heterocycles. The molecule has 0 spiro atoms. The first kappa shape index (κ1) is 16.8. The van der Waals surface area contributed by atoms with Gasteiger partial charge in [-0.05, 0) is 56.3 Å². The third-order valence-electron chi connectivity index (χ3n) is 4.57. The molecule has 0 atom stereocenters. The lowest BCUT2D eigenvalue weighted by Gasteiger charge is -2.09. The standard InChI is InChI=1S/C20H18N4O3/c1-3-24-17-7-4-12(10-16(17)23-19(26)20(24)27)18(25)22-14-5-6-15-13(9-14)8-11(2)21-15/h4-10,21H,3H2,1-2H3,(H,22,25)(H,23,26). The number of aryl methyl sites for hydroxylation is 2. The SMILES string of the molecule is CCn1c(=O)c(=O)[nH]c2cc(C(=O)Nc3ccc4[nH]c(C)cc4c3)ccc21. The second-order valence-electron chi connectivity index (χ2n) is 6.44. The number of hydrogen-bond acceptors (Lipinski definition) is 3. The average molecular weight is 362 g/mol. The van der Waals surface area contributed by atoms with Crippen LogP contribution < -0.4 is 16.4 Å². The van der Waals surface area contributed by atoms with Gasteiger partial charge in [0.2, 0.25) is 0 Å². The van der Waals surface area contributed by atoms with Gasteiger partial charge in [-0.1, -0.05) is 0 Å². The van der Waals surface area contributed by atoms with Crippen LogP contribution in [0.5, 0.6) is 0 Å². The van der Waals surface area contributed by atoms with E-state index in [1.54, 1.807) is 25.1 Å². The summed E-state index contributed by atoms with van der Waals surface area (Å²) in [6, 6.07) is 12.5. The summed E-state index contributed by atoms with van der Waals surface area (Å²) in [5.41, 5.74) is 2.87. The average Bonchev–Trinajstić information content (AvgIpc) is 3.01. The predicted octanol–water partition coefficient (Wildman–Crippen LogP) is 2.75. The highest BCUT2D eigenvalue weighted by molar-refractivity contribution is 6.06. The van der Waals surface area contributed by atoms with Crippen LogP contribution in [0.4, 0.5) is 5.69 Å². The highest BCUT2D eigenvalue weighted by Crippen LogP contribution is 2.21. The Bertz CT molecular complexity index is 1310. The maximum Gasteiger partial charge on any atom is 0.316 e. The molecule has 2 aromatic carbocycles. The monoisotopic (exact) mass is 362 g/mol. The molecule has 7 heteroatoms. The van der Waals surface area contributed by atoms with E-state index in [2.05, 4.69) is 15.3 Å². The number of anilines is 1. The largest absolute Gasteiger partial charge is 0.359 e. The lowest BCUT2D eigenvalue weighted by atomic mass is 10.1. The number of nitrogens with zero attached hydrogens (tertiary/aromatic N) is 1. The number of carbonyl (C=O) groups excluding carboxylic acids is 1. The van der Waals surface area contributed by atoms with Gasteiger partial charge >= 0.3 is 11.1 Å². The van der Waals surface area contributed by atoms with Crippen molar-refractivity contribution in [3.63, 3.8) is 0 Å². The van der Waals surface area contributed by atoms with E-state index in [0.717, 1.165) is 16.6 Å². The molecule has 0 aliphatic heterocycles. The Hall–Kier alpha value is -3.61. The van der Waals surface area contributed by atoms with E-state index < -0.39 is 11.1 Å². The van der Waals surface area contributed by atoms with Crippen molar-refractivity contribution in [2.45, 2.75) is 20.4 Å². The zero-order chi connectivity index (χ0) is 19.1. The lowest BCUT2D eigenvalue weighted by Crippen LogP contribution is -2.36. The molecule has 0 bridgehead atoms. The Morgan fingerprint density at radius 3 is 2.63 bits per heavy atom. The zero-order valence-corrected chi connectivity index (χ0v) is 14.9. The van der Waals surface area contributed by atoms with Gasteiger partial charge in [-0.15, -0.1) is 0 Å². The number of rotatable bonds is 3. The summed E-state index contributed by atoms with van der Waals surface area (Å²) in [7, 11) is 0. The normalized spacial score (nSPS) is 11.2. The molecule has 7 nitrogen and oxygen atoms in total. The molecule has 0 aliphatic rings. The van der Waals surface area contributed by atoms with Crippen molar-refractivity contribution in [1.29, 1.82) is 0 Å².